The van der Waals surface area contributed by atoms with Crippen LogP contribution in [0.5, 0.6) is 28.7 Å². The summed E-state index contributed by atoms with van der Waals surface area (Å²) in [6, 6.07) is 18.4. The summed E-state index contributed by atoms with van der Waals surface area (Å²) in [4.78, 5) is 25.6. The minimum atomic E-state index is -0.519. The van der Waals surface area contributed by atoms with Crippen LogP contribution in [0.3, 0.4) is 0 Å². The highest BCUT2D eigenvalue weighted by Crippen LogP contribution is 2.30. The Kier molecular flexibility index (Phi) is 16.4. The van der Waals surface area contributed by atoms with Crippen molar-refractivity contribution in [3.8, 4) is 28.7 Å². The molecule has 0 bridgehead atoms. The standard InChI is InChI=1S/C38H50O7/c1-4-7-10-11-12-15-26-41-32-19-16-30(17-20-32)37(39)44-33-21-23-34(24-22-33)45-38(40)31-18-25-35(42-27-13-8-5-2)36(29-31)43-28-14-9-6-3/h16-25,29H,4-15,26-28H2,1-3H3. The van der Waals surface area contributed by atoms with Gasteiger partial charge in [0.2, 0.25) is 0 Å². The number of hydrogen-bond donors (Lipinski definition) is 0. The number of benzene rings is 3. The fourth-order valence-electron chi connectivity index (χ4n) is 4.60. The summed E-state index contributed by atoms with van der Waals surface area (Å²) >= 11 is 0. The zero-order valence-corrected chi connectivity index (χ0v) is 27.3. The summed E-state index contributed by atoms with van der Waals surface area (Å²) in [7, 11) is 0. The maximum Gasteiger partial charge on any atom is 0.343 e. The van der Waals surface area contributed by atoms with Gasteiger partial charge in [-0.2, -0.15) is 0 Å². The molecule has 0 aliphatic heterocycles. The van der Waals surface area contributed by atoms with Crippen LogP contribution in [-0.4, -0.2) is 31.8 Å². The van der Waals surface area contributed by atoms with Gasteiger partial charge in [0.05, 0.1) is 30.9 Å². The van der Waals surface area contributed by atoms with Gasteiger partial charge in [0, 0.05) is 0 Å². The molecule has 244 valence electrons. The van der Waals surface area contributed by atoms with Gasteiger partial charge in [0.25, 0.3) is 0 Å². The Morgan fingerprint density at radius 1 is 0.444 bits per heavy atom. The normalized spacial score (nSPS) is 10.7. The second-order valence-electron chi connectivity index (χ2n) is 11.2. The fraction of sp³-hybridized carbons (Fsp3) is 0.474. The molecule has 3 aromatic carbocycles. The van der Waals surface area contributed by atoms with Crippen molar-refractivity contribution < 1.29 is 33.3 Å². The first-order valence-electron chi connectivity index (χ1n) is 16.7. The molecule has 0 amide bonds. The first-order valence-corrected chi connectivity index (χ1v) is 16.7. The van der Waals surface area contributed by atoms with Gasteiger partial charge in [0.15, 0.2) is 11.5 Å². The van der Waals surface area contributed by atoms with Gasteiger partial charge in [-0.25, -0.2) is 9.59 Å². The van der Waals surface area contributed by atoms with Crippen molar-refractivity contribution >= 4 is 11.9 Å². The van der Waals surface area contributed by atoms with E-state index >= 15 is 0 Å². The Labute approximate surface area is 269 Å². The van der Waals surface area contributed by atoms with Crippen LogP contribution in [0.4, 0.5) is 0 Å². The van der Waals surface area contributed by atoms with Crippen molar-refractivity contribution in [1.29, 1.82) is 0 Å². The van der Waals surface area contributed by atoms with E-state index in [1.54, 1.807) is 66.7 Å². The zero-order valence-electron chi connectivity index (χ0n) is 27.3. The molecule has 0 aromatic heterocycles. The molecule has 0 fully saturated rings. The molecule has 0 atom stereocenters. The van der Waals surface area contributed by atoms with Crippen LogP contribution in [0, 0.1) is 0 Å². The molecule has 45 heavy (non-hydrogen) atoms. The SMILES string of the molecule is CCCCCCCCOc1ccc(C(=O)Oc2ccc(OC(=O)c3ccc(OCCCCC)c(OCCCCC)c3)cc2)cc1. The summed E-state index contributed by atoms with van der Waals surface area (Å²) in [6.45, 7) is 8.32. The number of ether oxygens (including phenoxy) is 5. The van der Waals surface area contributed by atoms with Crippen LogP contribution < -0.4 is 23.7 Å². The fourth-order valence-corrected chi connectivity index (χ4v) is 4.60. The predicted octanol–water partition coefficient (Wildman–Crippen LogP) is 10.0. The molecule has 7 heteroatoms. The highest BCUT2D eigenvalue weighted by atomic mass is 16.5. The highest BCUT2D eigenvalue weighted by Gasteiger charge is 2.15. The Balaban J connectivity index is 1.50. The first-order chi connectivity index (χ1) is 22.0. The van der Waals surface area contributed by atoms with E-state index in [1.807, 2.05) is 0 Å². The first kappa shape index (κ1) is 35.5. The van der Waals surface area contributed by atoms with Gasteiger partial charge in [-0.1, -0.05) is 78.6 Å². The Morgan fingerprint density at radius 3 is 1.47 bits per heavy atom. The van der Waals surface area contributed by atoms with Crippen LogP contribution in [0.25, 0.3) is 0 Å². The molecule has 0 saturated heterocycles. The van der Waals surface area contributed by atoms with E-state index in [9.17, 15) is 9.59 Å². The molecule has 0 saturated carbocycles. The Bertz CT molecular complexity index is 1270. The van der Waals surface area contributed by atoms with Crippen LogP contribution in [0.1, 0.15) is 119 Å². The lowest BCUT2D eigenvalue weighted by atomic mass is 10.1. The van der Waals surface area contributed by atoms with Crippen molar-refractivity contribution in [2.75, 3.05) is 19.8 Å². The summed E-state index contributed by atoms with van der Waals surface area (Å²) in [6.07, 6.45) is 13.5. The van der Waals surface area contributed by atoms with Crippen LogP contribution in [0.2, 0.25) is 0 Å². The lowest BCUT2D eigenvalue weighted by molar-refractivity contribution is 0.0719. The number of esters is 2. The van der Waals surface area contributed by atoms with E-state index in [-0.39, 0.29) is 0 Å². The lowest BCUT2D eigenvalue weighted by Crippen LogP contribution is -2.10. The Hall–Kier alpha value is -4.00. The molecule has 0 aliphatic carbocycles. The summed E-state index contributed by atoms with van der Waals surface area (Å²) in [5.41, 5.74) is 0.777. The van der Waals surface area contributed by atoms with Crippen molar-refractivity contribution in [3.05, 3.63) is 77.9 Å². The van der Waals surface area contributed by atoms with Crippen LogP contribution >= 0.6 is 0 Å². The van der Waals surface area contributed by atoms with Crippen molar-refractivity contribution in [1.82, 2.24) is 0 Å². The summed E-state index contributed by atoms with van der Waals surface area (Å²) in [5.74, 6) is 1.57. The second kappa shape index (κ2) is 20.9. The van der Waals surface area contributed by atoms with Gasteiger partial charge in [-0.3, -0.25) is 0 Å². The van der Waals surface area contributed by atoms with Gasteiger partial charge in [0.1, 0.15) is 17.2 Å². The van der Waals surface area contributed by atoms with E-state index < -0.39 is 11.9 Å². The average molecular weight is 619 g/mol. The number of carbonyl (C=O) groups is 2. The third-order valence-electron chi connectivity index (χ3n) is 7.29. The summed E-state index contributed by atoms with van der Waals surface area (Å²) in [5, 5.41) is 0. The van der Waals surface area contributed by atoms with E-state index in [0.29, 0.717) is 53.9 Å². The number of carbonyl (C=O) groups excluding carboxylic acids is 2. The number of unbranched alkanes of at least 4 members (excludes halogenated alkanes) is 9. The van der Waals surface area contributed by atoms with Gasteiger partial charge >= 0.3 is 11.9 Å². The molecule has 0 N–H and O–H groups in total. The number of hydrogen-bond acceptors (Lipinski definition) is 7. The van der Waals surface area contributed by atoms with Gasteiger partial charge in [-0.15, -0.1) is 0 Å². The van der Waals surface area contributed by atoms with E-state index in [1.165, 1.54) is 32.1 Å². The minimum Gasteiger partial charge on any atom is -0.494 e. The largest absolute Gasteiger partial charge is 0.494 e. The van der Waals surface area contributed by atoms with E-state index in [4.69, 9.17) is 23.7 Å². The molecule has 3 rings (SSSR count). The minimum absolute atomic E-state index is 0.331. The predicted molar refractivity (Wildman–Crippen MR) is 178 cm³/mol. The van der Waals surface area contributed by atoms with Crippen molar-refractivity contribution in [2.24, 2.45) is 0 Å². The van der Waals surface area contributed by atoms with E-state index in [2.05, 4.69) is 20.8 Å². The molecular formula is C38H50O7. The average Bonchev–Trinajstić information content (AvgIpc) is 3.06. The lowest BCUT2D eigenvalue weighted by Gasteiger charge is -2.14. The monoisotopic (exact) mass is 618 g/mol. The molecule has 0 spiro atoms. The zero-order chi connectivity index (χ0) is 32.1. The molecule has 0 heterocycles. The summed E-state index contributed by atoms with van der Waals surface area (Å²) < 4.78 is 28.8. The van der Waals surface area contributed by atoms with Crippen LogP contribution in [-0.2, 0) is 0 Å². The number of rotatable bonds is 22. The maximum atomic E-state index is 13.0. The topological polar surface area (TPSA) is 80.3 Å². The second-order valence-corrected chi connectivity index (χ2v) is 11.2. The molecular weight excluding hydrogens is 568 g/mol. The Morgan fingerprint density at radius 2 is 0.867 bits per heavy atom. The van der Waals surface area contributed by atoms with Gasteiger partial charge < -0.3 is 23.7 Å². The molecule has 7 nitrogen and oxygen atoms in total. The maximum absolute atomic E-state index is 13.0. The highest BCUT2D eigenvalue weighted by molar-refractivity contribution is 5.92. The molecule has 0 aliphatic rings. The van der Waals surface area contributed by atoms with Crippen molar-refractivity contribution in [2.45, 2.75) is 97.8 Å². The van der Waals surface area contributed by atoms with Crippen LogP contribution in [0.15, 0.2) is 66.7 Å². The quantitative estimate of drug-likeness (QED) is 0.0630. The third-order valence-corrected chi connectivity index (χ3v) is 7.29. The molecule has 3 aromatic rings. The molecule has 0 unspecified atom stereocenters. The smallest absolute Gasteiger partial charge is 0.343 e. The van der Waals surface area contributed by atoms with Crippen molar-refractivity contribution in [3.63, 3.8) is 0 Å². The van der Waals surface area contributed by atoms with E-state index in [0.717, 1.165) is 50.7 Å². The van der Waals surface area contributed by atoms with Gasteiger partial charge in [-0.05, 0) is 86.0 Å². The third kappa shape index (κ3) is 13.3. The molecule has 0 radical (unpaired) electrons.